The molecule has 1 aromatic heterocycles. The van der Waals surface area contributed by atoms with E-state index in [4.69, 9.17) is 11.6 Å². The van der Waals surface area contributed by atoms with Gasteiger partial charge in [-0.3, -0.25) is 4.98 Å². The fourth-order valence-electron chi connectivity index (χ4n) is 1.17. The average Bonchev–Trinajstić information content (AvgIpc) is 2.25. The summed E-state index contributed by atoms with van der Waals surface area (Å²) >= 11 is 7.50. The molecule has 0 N–H and O–H groups in total. The van der Waals surface area contributed by atoms with Crippen LogP contribution in [-0.4, -0.2) is 16.6 Å². The van der Waals surface area contributed by atoms with Crippen LogP contribution >= 0.6 is 23.4 Å². The van der Waals surface area contributed by atoms with Gasteiger partial charge < -0.3 is 0 Å². The fraction of sp³-hybridized carbons (Fsp3) is 0.545. The SMILES string of the molecule is ClCCCCCCSc1ccncc1. The maximum Gasteiger partial charge on any atom is 0.0278 e. The van der Waals surface area contributed by atoms with Gasteiger partial charge in [0.1, 0.15) is 0 Å². The summed E-state index contributed by atoms with van der Waals surface area (Å²) in [4.78, 5) is 5.30. The number of unbranched alkanes of at least 4 members (excludes halogenated alkanes) is 3. The predicted octanol–water partition coefficient (Wildman–Crippen LogP) is 3.97. The molecule has 0 fully saturated rings. The van der Waals surface area contributed by atoms with Crippen LogP contribution in [0.25, 0.3) is 0 Å². The summed E-state index contributed by atoms with van der Waals surface area (Å²) in [5.74, 6) is 2.00. The number of rotatable bonds is 7. The maximum atomic E-state index is 5.60. The zero-order valence-electron chi connectivity index (χ0n) is 8.29. The van der Waals surface area contributed by atoms with E-state index in [9.17, 15) is 0 Å². The topological polar surface area (TPSA) is 12.9 Å². The summed E-state index contributed by atoms with van der Waals surface area (Å²) in [7, 11) is 0. The van der Waals surface area contributed by atoms with Crippen molar-refractivity contribution < 1.29 is 0 Å². The van der Waals surface area contributed by atoms with Gasteiger partial charge in [-0.05, 0) is 30.7 Å². The molecule has 78 valence electrons. The number of hydrogen-bond donors (Lipinski definition) is 0. The Morgan fingerprint density at radius 3 is 2.50 bits per heavy atom. The van der Waals surface area contributed by atoms with Gasteiger partial charge in [0.25, 0.3) is 0 Å². The van der Waals surface area contributed by atoms with Crippen LogP contribution in [0.2, 0.25) is 0 Å². The number of aromatic nitrogens is 1. The minimum absolute atomic E-state index is 0.803. The third-order valence-corrected chi connectivity index (χ3v) is 3.31. The maximum absolute atomic E-state index is 5.60. The molecule has 3 heteroatoms. The first-order valence-electron chi connectivity index (χ1n) is 5.02. The third-order valence-electron chi connectivity index (χ3n) is 1.95. The van der Waals surface area contributed by atoms with E-state index in [2.05, 4.69) is 17.1 Å². The van der Waals surface area contributed by atoms with E-state index in [0.717, 1.165) is 12.3 Å². The van der Waals surface area contributed by atoms with Crippen LogP contribution in [0.4, 0.5) is 0 Å². The molecule has 0 saturated heterocycles. The molecule has 0 unspecified atom stereocenters. The Morgan fingerprint density at radius 1 is 1.07 bits per heavy atom. The van der Waals surface area contributed by atoms with E-state index in [1.807, 2.05) is 24.2 Å². The van der Waals surface area contributed by atoms with Crippen LogP contribution in [0.15, 0.2) is 29.4 Å². The lowest BCUT2D eigenvalue weighted by molar-refractivity contribution is 0.709. The van der Waals surface area contributed by atoms with Gasteiger partial charge in [-0.1, -0.05) is 12.8 Å². The van der Waals surface area contributed by atoms with Crippen LogP contribution in [0.3, 0.4) is 0 Å². The van der Waals surface area contributed by atoms with Gasteiger partial charge in [-0.15, -0.1) is 23.4 Å². The molecule has 0 amide bonds. The number of pyridine rings is 1. The molecule has 14 heavy (non-hydrogen) atoms. The van der Waals surface area contributed by atoms with E-state index in [1.165, 1.54) is 29.9 Å². The molecule has 1 nitrogen and oxygen atoms in total. The minimum Gasteiger partial charge on any atom is -0.265 e. The lowest BCUT2D eigenvalue weighted by Gasteiger charge is -2.00. The van der Waals surface area contributed by atoms with E-state index < -0.39 is 0 Å². The highest BCUT2D eigenvalue weighted by Gasteiger charge is 1.93. The summed E-state index contributed by atoms with van der Waals surface area (Å²) < 4.78 is 0. The van der Waals surface area contributed by atoms with E-state index in [1.54, 1.807) is 0 Å². The number of halogens is 1. The van der Waals surface area contributed by atoms with Crippen molar-refractivity contribution in [3.63, 3.8) is 0 Å². The van der Waals surface area contributed by atoms with E-state index in [0.29, 0.717) is 0 Å². The van der Waals surface area contributed by atoms with Crippen molar-refractivity contribution in [2.24, 2.45) is 0 Å². The second kappa shape index (κ2) is 8.13. The molecule has 1 heterocycles. The second-order valence-corrected chi connectivity index (χ2v) is 4.68. The van der Waals surface area contributed by atoms with Crippen molar-refractivity contribution >= 4 is 23.4 Å². The van der Waals surface area contributed by atoms with Gasteiger partial charge >= 0.3 is 0 Å². The van der Waals surface area contributed by atoms with Crippen molar-refractivity contribution in [2.75, 3.05) is 11.6 Å². The first-order valence-corrected chi connectivity index (χ1v) is 6.54. The van der Waals surface area contributed by atoms with Crippen LogP contribution in [0, 0.1) is 0 Å². The molecular weight excluding hydrogens is 214 g/mol. The Morgan fingerprint density at radius 2 is 1.79 bits per heavy atom. The highest BCUT2D eigenvalue weighted by molar-refractivity contribution is 7.99. The van der Waals surface area contributed by atoms with Crippen molar-refractivity contribution in [3.05, 3.63) is 24.5 Å². The molecule has 0 aliphatic heterocycles. The molecule has 0 aliphatic rings. The summed E-state index contributed by atoms with van der Waals surface area (Å²) in [5.41, 5.74) is 0. The highest BCUT2D eigenvalue weighted by atomic mass is 35.5. The molecular formula is C11H16ClNS. The predicted molar refractivity (Wildman–Crippen MR) is 64.1 cm³/mol. The molecule has 0 atom stereocenters. The summed E-state index contributed by atoms with van der Waals surface area (Å²) in [6, 6.07) is 4.12. The summed E-state index contributed by atoms with van der Waals surface area (Å²) in [6.45, 7) is 0. The van der Waals surface area contributed by atoms with Crippen LogP contribution < -0.4 is 0 Å². The quantitative estimate of drug-likeness (QED) is 0.399. The lowest BCUT2D eigenvalue weighted by atomic mass is 10.2. The van der Waals surface area contributed by atoms with Gasteiger partial charge in [0.15, 0.2) is 0 Å². The largest absolute Gasteiger partial charge is 0.265 e. The van der Waals surface area contributed by atoms with Gasteiger partial charge in [-0.2, -0.15) is 0 Å². The van der Waals surface area contributed by atoms with Crippen LogP contribution in [-0.2, 0) is 0 Å². The molecule has 0 bridgehead atoms. The average molecular weight is 230 g/mol. The number of hydrogen-bond acceptors (Lipinski definition) is 2. The Bertz CT molecular complexity index is 228. The number of thioether (sulfide) groups is 1. The molecule has 0 aromatic carbocycles. The Balaban J connectivity index is 1.99. The van der Waals surface area contributed by atoms with Crippen molar-refractivity contribution in [3.8, 4) is 0 Å². The molecule has 0 radical (unpaired) electrons. The number of nitrogens with zero attached hydrogens (tertiary/aromatic N) is 1. The lowest BCUT2D eigenvalue weighted by Crippen LogP contribution is -1.83. The van der Waals surface area contributed by atoms with Crippen molar-refractivity contribution in [2.45, 2.75) is 30.6 Å². The number of alkyl halides is 1. The van der Waals surface area contributed by atoms with Gasteiger partial charge in [0.2, 0.25) is 0 Å². The van der Waals surface area contributed by atoms with Crippen LogP contribution in [0.1, 0.15) is 25.7 Å². The second-order valence-electron chi connectivity index (χ2n) is 3.13. The van der Waals surface area contributed by atoms with E-state index >= 15 is 0 Å². The minimum atomic E-state index is 0.803. The Kier molecular flexibility index (Phi) is 6.89. The van der Waals surface area contributed by atoms with Crippen molar-refractivity contribution in [1.29, 1.82) is 0 Å². The van der Waals surface area contributed by atoms with E-state index in [-0.39, 0.29) is 0 Å². The normalized spacial score (nSPS) is 10.4. The zero-order chi connectivity index (χ0) is 10.1. The smallest absolute Gasteiger partial charge is 0.0278 e. The fourth-order valence-corrected chi connectivity index (χ4v) is 2.26. The van der Waals surface area contributed by atoms with Gasteiger partial charge in [-0.25, -0.2) is 0 Å². The first-order chi connectivity index (χ1) is 6.93. The molecule has 0 spiro atoms. The summed E-state index contributed by atoms with van der Waals surface area (Å²) in [6.07, 6.45) is 8.68. The monoisotopic (exact) mass is 229 g/mol. The van der Waals surface area contributed by atoms with Gasteiger partial charge in [0.05, 0.1) is 0 Å². The molecule has 1 aromatic rings. The zero-order valence-corrected chi connectivity index (χ0v) is 9.86. The standard InChI is InChI=1S/C11H16ClNS/c12-7-3-1-2-4-10-14-11-5-8-13-9-6-11/h5-6,8-9H,1-4,7,10H2. The van der Waals surface area contributed by atoms with Crippen molar-refractivity contribution in [1.82, 2.24) is 4.98 Å². The summed E-state index contributed by atoms with van der Waals surface area (Å²) in [5, 5.41) is 0. The Labute approximate surface area is 95.3 Å². The molecule has 1 rings (SSSR count). The van der Waals surface area contributed by atoms with Crippen LogP contribution in [0.5, 0.6) is 0 Å². The molecule has 0 saturated carbocycles. The Hall–Kier alpha value is -0.210. The third kappa shape index (κ3) is 5.51. The van der Waals surface area contributed by atoms with Gasteiger partial charge in [0, 0.05) is 23.2 Å². The highest BCUT2D eigenvalue weighted by Crippen LogP contribution is 2.18. The molecule has 0 aliphatic carbocycles. The first kappa shape index (κ1) is 11.9.